The Bertz CT molecular complexity index is 2870. The van der Waals surface area contributed by atoms with Crippen LogP contribution < -0.4 is 0 Å². The molecule has 49 heavy (non-hydrogen) atoms. The molecule has 0 aliphatic heterocycles. The van der Waals surface area contributed by atoms with Crippen LogP contribution in [0.15, 0.2) is 176 Å². The van der Waals surface area contributed by atoms with E-state index in [1.165, 1.54) is 60.5 Å². The van der Waals surface area contributed by atoms with Gasteiger partial charge in [0, 0.05) is 32.8 Å². The molecule has 0 aliphatic carbocycles. The second kappa shape index (κ2) is 11.0. The van der Waals surface area contributed by atoms with Crippen molar-refractivity contribution >= 4 is 54.4 Å². The van der Waals surface area contributed by atoms with Crippen LogP contribution in [0, 0.1) is 0 Å². The molecule has 0 saturated carbocycles. The summed E-state index contributed by atoms with van der Waals surface area (Å²) in [5.74, 6) is 0. The van der Waals surface area contributed by atoms with Crippen LogP contribution in [0.3, 0.4) is 0 Å². The SMILES string of the molecule is c1ccc(-c2cnc3c4ccccc4c4cc(-c5cccc(-c6ccc7c(c6)c6ccccc6n7-c6ccccc6)c5)ccc4c3n2)cc1. The van der Waals surface area contributed by atoms with Crippen molar-refractivity contribution in [2.24, 2.45) is 0 Å². The van der Waals surface area contributed by atoms with Crippen LogP contribution in [0.1, 0.15) is 0 Å². The van der Waals surface area contributed by atoms with Crippen LogP contribution in [0.4, 0.5) is 0 Å². The number of nitrogens with zero attached hydrogens (tertiary/aromatic N) is 3. The molecule has 0 fully saturated rings. The van der Waals surface area contributed by atoms with Gasteiger partial charge >= 0.3 is 0 Å². The Morgan fingerprint density at radius 2 is 0.918 bits per heavy atom. The van der Waals surface area contributed by atoms with Gasteiger partial charge in [-0.3, -0.25) is 4.98 Å². The monoisotopic (exact) mass is 623 g/mol. The van der Waals surface area contributed by atoms with E-state index in [2.05, 4.69) is 156 Å². The van der Waals surface area contributed by atoms with E-state index in [0.717, 1.165) is 33.1 Å². The minimum absolute atomic E-state index is 0.880. The first-order valence-electron chi connectivity index (χ1n) is 16.7. The number of aromatic nitrogens is 3. The fourth-order valence-electron chi connectivity index (χ4n) is 7.49. The van der Waals surface area contributed by atoms with Crippen LogP contribution in [0.5, 0.6) is 0 Å². The second-order valence-corrected chi connectivity index (χ2v) is 12.6. The Morgan fingerprint density at radius 3 is 1.71 bits per heavy atom. The lowest BCUT2D eigenvalue weighted by Crippen LogP contribution is -1.93. The van der Waals surface area contributed by atoms with E-state index < -0.39 is 0 Å². The average molecular weight is 624 g/mol. The maximum atomic E-state index is 5.18. The van der Waals surface area contributed by atoms with Crippen molar-refractivity contribution in [2.45, 2.75) is 0 Å². The lowest BCUT2D eigenvalue weighted by molar-refractivity contribution is 1.18. The fourth-order valence-corrected chi connectivity index (χ4v) is 7.49. The van der Waals surface area contributed by atoms with Crippen LogP contribution >= 0.6 is 0 Å². The summed E-state index contributed by atoms with van der Waals surface area (Å²) in [6, 6.07) is 60.7. The molecule has 10 rings (SSSR count). The van der Waals surface area contributed by atoms with E-state index in [1.54, 1.807) is 0 Å². The topological polar surface area (TPSA) is 30.7 Å². The van der Waals surface area contributed by atoms with Gasteiger partial charge in [-0.05, 0) is 75.5 Å². The quantitative estimate of drug-likeness (QED) is 0.183. The highest BCUT2D eigenvalue weighted by Gasteiger charge is 2.15. The van der Waals surface area contributed by atoms with Gasteiger partial charge in [0.1, 0.15) is 0 Å². The minimum Gasteiger partial charge on any atom is -0.309 e. The number of rotatable bonds is 4. The predicted octanol–water partition coefficient (Wildman–Crippen LogP) is 12.0. The zero-order valence-electron chi connectivity index (χ0n) is 26.6. The normalized spacial score (nSPS) is 11.7. The third-order valence-electron chi connectivity index (χ3n) is 9.81. The molecule has 3 heteroatoms. The number of benzene rings is 8. The van der Waals surface area contributed by atoms with Crippen LogP contribution in [0.2, 0.25) is 0 Å². The number of hydrogen-bond donors (Lipinski definition) is 0. The smallest absolute Gasteiger partial charge is 0.0979 e. The summed E-state index contributed by atoms with van der Waals surface area (Å²) in [7, 11) is 0. The van der Waals surface area contributed by atoms with Crippen molar-refractivity contribution in [3.05, 3.63) is 176 Å². The van der Waals surface area contributed by atoms with E-state index >= 15 is 0 Å². The first kappa shape index (κ1) is 27.5. The molecule has 2 heterocycles. The Kier molecular flexibility index (Phi) is 6.18. The van der Waals surface area contributed by atoms with Crippen molar-refractivity contribution in [1.29, 1.82) is 0 Å². The number of fused-ring (bicyclic) bond motifs is 9. The summed E-state index contributed by atoms with van der Waals surface area (Å²) in [6.07, 6.45) is 1.90. The Hall–Kier alpha value is -6.58. The van der Waals surface area contributed by atoms with E-state index in [0.29, 0.717) is 0 Å². The number of para-hydroxylation sites is 2. The molecule has 3 nitrogen and oxygen atoms in total. The fraction of sp³-hybridized carbons (Fsp3) is 0. The lowest BCUT2D eigenvalue weighted by atomic mass is 9.94. The van der Waals surface area contributed by atoms with Gasteiger partial charge in [0.25, 0.3) is 0 Å². The molecule has 0 atom stereocenters. The molecular formula is C46H29N3. The predicted molar refractivity (Wildman–Crippen MR) is 205 cm³/mol. The first-order valence-corrected chi connectivity index (χ1v) is 16.7. The Balaban J connectivity index is 1.12. The number of hydrogen-bond acceptors (Lipinski definition) is 2. The van der Waals surface area contributed by atoms with Gasteiger partial charge < -0.3 is 4.57 Å². The molecule has 10 aromatic rings. The minimum atomic E-state index is 0.880. The molecule has 0 amide bonds. The molecular weight excluding hydrogens is 595 g/mol. The molecule has 0 spiro atoms. The van der Waals surface area contributed by atoms with Gasteiger partial charge in [-0.1, -0.05) is 127 Å². The summed E-state index contributed by atoms with van der Waals surface area (Å²) in [5.41, 5.74) is 12.1. The maximum absolute atomic E-state index is 5.18. The van der Waals surface area contributed by atoms with Crippen molar-refractivity contribution in [3.8, 4) is 39.2 Å². The maximum Gasteiger partial charge on any atom is 0.0979 e. The average Bonchev–Trinajstić information content (AvgIpc) is 3.52. The van der Waals surface area contributed by atoms with Gasteiger partial charge in [0.2, 0.25) is 0 Å². The van der Waals surface area contributed by atoms with Crippen LogP contribution in [-0.2, 0) is 0 Å². The highest BCUT2D eigenvalue weighted by molar-refractivity contribution is 6.23. The first-order chi connectivity index (χ1) is 24.3. The summed E-state index contributed by atoms with van der Waals surface area (Å²) >= 11 is 0. The van der Waals surface area contributed by atoms with Gasteiger partial charge in [0.15, 0.2) is 0 Å². The molecule has 0 bridgehead atoms. The van der Waals surface area contributed by atoms with Crippen molar-refractivity contribution in [3.63, 3.8) is 0 Å². The summed E-state index contributed by atoms with van der Waals surface area (Å²) in [4.78, 5) is 10.1. The zero-order chi connectivity index (χ0) is 32.3. The Labute approximate surface area is 283 Å². The van der Waals surface area contributed by atoms with Crippen molar-refractivity contribution in [1.82, 2.24) is 14.5 Å². The summed E-state index contributed by atoms with van der Waals surface area (Å²) < 4.78 is 2.36. The highest BCUT2D eigenvalue weighted by atomic mass is 15.0. The standard InChI is InChI=1S/C46H29N3/c1-3-12-30(13-4-1)42-29-47-45-38-20-8-7-18-36(38)40-27-33(22-24-39(40)46(45)48-42)31-14-11-15-32(26-31)34-23-25-44-41(28-34)37-19-9-10-21-43(37)49(44)35-16-5-2-6-17-35/h1-29H. The van der Waals surface area contributed by atoms with E-state index in [9.17, 15) is 0 Å². The molecule has 2 aromatic heterocycles. The van der Waals surface area contributed by atoms with Crippen molar-refractivity contribution < 1.29 is 0 Å². The van der Waals surface area contributed by atoms with Crippen LogP contribution in [-0.4, -0.2) is 14.5 Å². The second-order valence-electron chi connectivity index (χ2n) is 12.6. The summed E-state index contributed by atoms with van der Waals surface area (Å²) in [6.45, 7) is 0. The van der Waals surface area contributed by atoms with Gasteiger partial charge in [0.05, 0.1) is 34.0 Å². The molecule has 8 aromatic carbocycles. The van der Waals surface area contributed by atoms with Gasteiger partial charge in [-0.15, -0.1) is 0 Å². The van der Waals surface area contributed by atoms with E-state index in [1.807, 2.05) is 24.4 Å². The highest BCUT2D eigenvalue weighted by Crippen LogP contribution is 2.38. The van der Waals surface area contributed by atoms with E-state index in [4.69, 9.17) is 9.97 Å². The molecule has 0 aliphatic rings. The Morgan fingerprint density at radius 1 is 0.347 bits per heavy atom. The zero-order valence-corrected chi connectivity index (χ0v) is 26.6. The molecule has 0 radical (unpaired) electrons. The molecule has 0 saturated heterocycles. The molecule has 0 N–H and O–H groups in total. The van der Waals surface area contributed by atoms with Crippen molar-refractivity contribution in [2.75, 3.05) is 0 Å². The largest absolute Gasteiger partial charge is 0.309 e. The van der Waals surface area contributed by atoms with E-state index in [-0.39, 0.29) is 0 Å². The molecule has 0 unspecified atom stereocenters. The third-order valence-corrected chi connectivity index (χ3v) is 9.81. The van der Waals surface area contributed by atoms with Gasteiger partial charge in [-0.2, -0.15) is 0 Å². The lowest BCUT2D eigenvalue weighted by Gasteiger charge is -2.13. The molecule has 228 valence electrons. The van der Waals surface area contributed by atoms with Gasteiger partial charge in [-0.25, -0.2) is 4.98 Å². The van der Waals surface area contributed by atoms with Crippen LogP contribution in [0.25, 0.3) is 93.6 Å². The summed E-state index contributed by atoms with van der Waals surface area (Å²) in [5, 5.41) is 7.10. The third kappa shape index (κ3) is 4.44.